The summed E-state index contributed by atoms with van der Waals surface area (Å²) in [6, 6.07) is 3.23. The van der Waals surface area contributed by atoms with E-state index in [1.165, 1.54) is 6.07 Å². The van der Waals surface area contributed by atoms with Crippen molar-refractivity contribution in [1.29, 1.82) is 5.26 Å². The minimum absolute atomic E-state index is 0.158. The van der Waals surface area contributed by atoms with Crippen LogP contribution in [0.5, 0.6) is 0 Å². The molecule has 1 rings (SSSR count). The molecule has 0 aromatic heterocycles. The molecule has 70 valence electrons. The Kier molecular flexibility index (Phi) is 2.58. The second kappa shape index (κ2) is 3.66. The third-order valence-electron chi connectivity index (χ3n) is 1.65. The van der Waals surface area contributed by atoms with Gasteiger partial charge in [0.25, 0.3) is 0 Å². The van der Waals surface area contributed by atoms with Crippen molar-refractivity contribution < 1.29 is 19.1 Å². The van der Waals surface area contributed by atoms with E-state index < -0.39 is 22.9 Å². The maximum absolute atomic E-state index is 12.9. The van der Waals surface area contributed by atoms with E-state index in [2.05, 4.69) is 0 Å². The molecule has 0 amide bonds. The fourth-order valence-electron chi connectivity index (χ4n) is 1.02. The number of aromatic carboxylic acids is 1. The number of carboxylic acid groups (broad SMARTS) is 1. The van der Waals surface area contributed by atoms with E-state index in [0.717, 1.165) is 12.1 Å². The molecule has 0 fully saturated rings. The van der Waals surface area contributed by atoms with Crippen LogP contribution in [0, 0.1) is 17.1 Å². The van der Waals surface area contributed by atoms with E-state index in [0.29, 0.717) is 0 Å². The lowest BCUT2D eigenvalue weighted by Crippen LogP contribution is -2.05. The number of halogens is 1. The highest BCUT2D eigenvalue weighted by Gasteiger charge is 2.16. The molecule has 0 aliphatic heterocycles. The van der Waals surface area contributed by atoms with Gasteiger partial charge in [0.05, 0.1) is 11.1 Å². The summed E-state index contributed by atoms with van der Waals surface area (Å²) < 4.78 is 12.9. The topological polar surface area (TPSA) is 78.2 Å². The largest absolute Gasteiger partial charge is 0.478 e. The van der Waals surface area contributed by atoms with E-state index in [-0.39, 0.29) is 11.8 Å². The lowest BCUT2D eigenvalue weighted by atomic mass is 10.0. The van der Waals surface area contributed by atoms with Gasteiger partial charge in [0.1, 0.15) is 11.9 Å². The second-order valence-corrected chi connectivity index (χ2v) is 2.42. The average Bonchev–Trinajstić information content (AvgIpc) is 2.16. The Balaban J connectivity index is 3.58. The van der Waals surface area contributed by atoms with Gasteiger partial charge in [0.2, 0.25) is 0 Å². The molecular weight excluding hydrogens is 189 g/mol. The van der Waals surface area contributed by atoms with Gasteiger partial charge < -0.3 is 5.11 Å². The zero-order valence-corrected chi connectivity index (χ0v) is 6.82. The fourth-order valence-corrected chi connectivity index (χ4v) is 1.02. The number of hydrogen-bond acceptors (Lipinski definition) is 3. The van der Waals surface area contributed by atoms with Gasteiger partial charge in [-0.2, -0.15) is 5.26 Å². The summed E-state index contributed by atoms with van der Waals surface area (Å²) in [5.74, 6) is -2.27. The highest BCUT2D eigenvalue weighted by atomic mass is 19.1. The van der Waals surface area contributed by atoms with Crippen LogP contribution in [0.25, 0.3) is 0 Å². The number of hydrogen-bond donors (Lipinski definition) is 1. The summed E-state index contributed by atoms with van der Waals surface area (Å²) in [7, 11) is 0. The molecule has 1 N–H and O–H groups in total. The molecule has 0 heterocycles. The van der Waals surface area contributed by atoms with Crippen molar-refractivity contribution in [1.82, 2.24) is 0 Å². The average molecular weight is 193 g/mol. The Bertz CT molecular complexity index is 448. The predicted molar refractivity (Wildman–Crippen MR) is 43.5 cm³/mol. The van der Waals surface area contributed by atoms with Crippen molar-refractivity contribution in [2.75, 3.05) is 0 Å². The highest BCUT2D eigenvalue weighted by molar-refractivity contribution is 5.98. The minimum Gasteiger partial charge on any atom is -0.478 e. The van der Waals surface area contributed by atoms with Crippen LogP contribution in [0.2, 0.25) is 0 Å². The molecule has 1 aromatic rings. The summed E-state index contributed by atoms with van der Waals surface area (Å²) >= 11 is 0. The smallest absolute Gasteiger partial charge is 0.336 e. The lowest BCUT2D eigenvalue weighted by Gasteiger charge is -2.01. The summed E-state index contributed by atoms with van der Waals surface area (Å²) in [6.07, 6.45) is 0.158. The molecule has 1 aromatic carbocycles. The molecular formula is C9H4FNO3. The molecule has 0 bridgehead atoms. The predicted octanol–water partition coefficient (Wildman–Crippen LogP) is 1.21. The highest BCUT2D eigenvalue weighted by Crippen LogP contribution is 2.15. The van der Waals surface area contributed by atoms with Gasteiger partial charge in [0.15, 0.2) is 6.29 Å². The maximum atomic E-state index is 12.9. The van der Waals surface area contributed by atoms with Crippen LogP contribution in [-0.4, -0.2) is 17.4 Å². The van der Waals surface area contributed by atoms with Gasteiger partial charge in [0, 0.05) is 5.56 Å². The first-order valence-electron chi connectivity index (χ1n) is 3.53. The summed E-state index contributed by atoms with van der Waals surface area (Å²) in [6.45, 7) is 0. The van der Waals surface area contributed by atoms with Crippen LogP contribution >= 0.6 is 0 Å². The standard InChI is InChI=1S/C9H4FNO3/c10-8-2-1-5(9(13)14)7(4-12)6(8)3-11/h1-2,4H,(H,13,14). The van der Waals surface area contributed by atoms with E-state index in [1.807, 2.05) is 0 Å². The van der Waals surface area contributed by atoms with E-state index >= 15 is 0 Å². The molecule has 0 aliphatic rings. The molecule has 0 saturated heterocycles. The van der Waals surface area contributed by atoms with Crippen LogP contribution in [0.3, 0.4) is 0 Å². The van der Waals surface area contributed by atoms with Gasteiger partial charge in [-0.3, -0.25) is 4.79 Å². The molecule has 0 saturated carbocycles. The zero-order valence-electron chi connectivity index (χ0n) is 6.82. The van der Waals surface area contributed by atoms with Crippen molar-refractivity contribution in [3.8, 4) is 6.07 Å². The van der Waals surface area contributed by atoms with E-state index in [9.17, 15) is 14.0 Å². The molecule has 0 unspecified atom stereocenters. The third-order valence-corrected chi connectivity index (χ3v) is 1.65. The summed E-state index contributed by atoms with van der Waals surface area (Å²) in [5.41, 5.74) is -1.35. The van der Waals surface area contributed by atoms with Gasteiger partial charge in [-0.1, -0.05) is 0 Å². The Hall–Kier alpha value is -2.22. The Morgan fingerprint density at radius 2 is 2.21 bits per heavy atom. The fraction of sp³-hybridized carbons (Fsp3) is 0. The number of carbonyl (C=O) groups is 2. The maximum Gasteiger partial charge on any atom is 0.336 e. The number of nitrogens with zero attached hydrogens (tertiary/aromatic N) is 1. The number of carboxylic acids is 1. The molecule has 0 spiro atoms. The van der Waals surface area contributed by atoms with Crippen LogP contribution in [0.15, 0.2) is 12.1 Å². The monoisotopic (exact) mass is 193 g/mol. The van der Waals surface area contributed by atoms with Crippen molar-refractivity contribution in [2.45, 2.75) is 0 Å². The summed E-state index contributed by atoms with van der Waals surface area (Å²) in [5, 5.41) is 17.1. The molecule has 0 radical (unpaired) electrons. The Morgan fingerprint density at radius 1 is 1.57 bits per heavy atom. The normalized spacial score (nSPS) is 9.14. The van der Waals surface area contributed by atoms with Crippen LogP contribution in [-0.2, 0) is 0 Å². The molecule has 4 nitrogen and oxygen atoms in total. The van der Waals surface area contributed by atoms with Crippen molar-refractivity contribution >= 4 is 12.3 Å². The third kappa shape index (κ3) is 1.45. The lowest BCUT2D eigenvalue weighted by molar-refractivity contribution is 0.0694. The van der Waals surface area contributed by atoms with Crippen molar-refractivity contribution in [2.24, 2.45) is 0 Å². The first-order chi connectivity index (χ1) is 6.61. The number of aldehydes is 1. The van der Waals surface area contributed by atoms with Crippen molar-refractivity contribution in [3.63, 3.8) is 0 Å². The van der Waals surface area contributed by atoms with Crippen molar-refractivity contribution in [3.05, 3.63) is 34.6 Å². The quantitative estimate of drug-likeness (QED) is 0.716. The number of nitriles is 1. The molecule has 5 heteroatoms. The zero-order chi connectivity index (χ0) is 10.7. The minimum atomic E-state index is -1.37. The van der Waals surface area contributed by atoms with Gasteiger partial charge in [-0.15, -0.1) is 0 Å². The van der Waals surface area contributed by atoms with Gasteiger partial charge in [-0.05, 0) is 12.1 Å². The molecule has 0 atom stereocenters. The molecule has 14 heavy (non-hydrogen) atoms. The summed E-state index contributed by atoms with van der Waals surface area (Å²) in [4.78, 5) is 21.1. The van der Waals surface area contributed by atoms with Crippen LogP contribution in [0.4, 0.5) is 4.39 Å². The number of carbonyl (C=O) groups excluding carboxylic acids is 1. The Morgan fingerprint density at radius 3 is 2.64 bits per heavy atom. The van der Waals surface area contributed by atoms with Gasteiger partial charge in [-0.25, -0.2) is 9.18 Å². The van der Waals surface area contributed by atoms with Crippen LogP contribution in [0.1, 0.15) is 26.3 Å². The second-order valence-electron chi connectivity index (χ2n) is 2.42. The molecule has 0 aliphatic carbocycles. The van der Waals surface area contributed by atoms with Gasteiger partial charge >= 0.3 is 5.97 Å². The first kappa shape index (κ1) is 9.86. The number of rotatable bonds is 2. The SMILES string of the molecule is N#Cc1c(F)ccc(C(=O)O)c1C=O. The first-order valence-corrected chi connectivity index (χ1v) is 3.53. The number of benzene rings is 1. The van der Waals surface area contributed by atoms with E-state index in [1.54, 1.807) is 0 Å². The van der Waals surface area contributed by atoms with Crippen LogP contribution < -0.4 is 0 Å². The Labute approximate surface area is 78.2 Å². The van der Waals surface area contributed by atoms with E-state index in [4.69, 9.17) is 10.4 Å².